The summed E-state index contributed by atoms with van der Waals surface area (Å²) in [6, 6.07) is 3.02. The molecule has 0 aliphatic heterocycles. The minimum Gasteiger partial charge on any atom is -0.488 e. The summed E-state index contributed by atoms with van der Waals surface area (Å²) in [7, 11) is 0. The van der Waals surface area contributed by atoms with Gasteiger partial charge in [-0.15, -0.1) is 0 Å². The lowest BCUT2D eigenvalue weighted by molar-refractivity contribution is 0.231. The van der Waals surface area contributed by atoms with Crippen molar-refractivity contribution in [1.29, 1.82) is 0 Å². The van der Waals surface area contributed by atoms with Gasteiger partial charge in [0.25, 0.3) is 0 Å². The van der Waals surface area contributed by atoms with Crippen LogP contribution < -0.4 is 15.8 Å². The molecule has 1 aromatic carbocycles. The van der Waals surface area contributed by atoms with Gasteiger partial charge in [-0.1, -0.05) is 19.3 Å². The van der Waals surface area contributed by atoms with Gasteiger partial charge in [0, 0.05) is 17.7 Å². The number of nitrogens with two attached hydrogens (primary N) is 1. The van der Waals surface area contributed by atoms with Crippen LogP contribution in [0.4, 0.5) is 15.8 Å². The van der Waals surface area contributed by atoms with E-state index in [-0.39, 0.29) is 17.4 Å². The molecule has 4 heteroatoms. The molecular weight excluding hydrogens is 255 g/mol. The zero-order chi connectivity index (χ0) is 14.8. The number of rotatable bonds is 4. The van der Waals surface area contributed by atoms with Crippen molar-refractivity contribution in [2.45, 2.75) is 64.5 Å². The van der Waals surface area contributed by atoms with Crippen LogP contribution in [0.25, 0.3) is 0 Å². The van der Waals surface area contributed by atoms with E-state index in [4.69, 9.17) is 10.5 Å². The van der Waals surface area contributed by atoms with Crippen molar-refractivity contribution in [2.75, 3.05) is 11.1 Å². The molecule has 3 nitrogen and oxygen atoms in total. The van der Waals surface area contributed by atoms with E-state index in [0.717, 1.165) is 18.5 Å². The highest BCUT2D eigenvalue weighted by Gasteiger charge is 2.27. The van der Waals surface area contributed by atoms with Gasteiger partial charge in [-0.2, -0.15) is 0 Å². The van der Waals surface area contributed by atoms with Crippen molar-refractivity contribution >= 4 is 11.4 Å². The fourth-order valence-corrected chi connectivity index (χ4v) is 2.80. The van der Waals surface area contributed by atoms with E-state index >= 15 is 0 Å². The van der Waals surface area contributed by atoms with Gasteiger partial charge in [0.05, 0.1) is 17.5 Å². The Morgan fingerprint density at radius 3 is 2.50 bits per heavy atom. The molecule has 1 saturated carbocycles. The molecule has 3 N–H and O–H groups in total. The maximum Gasteiger partial charge on any atom is 0.167 e. The predicted octanol–water partition coefficient (Wildman–Crippen LogP) is 4.33. The van der Waals surface area contributed by atoms with Gasteiger partial charge in [0.2, 0.25) is 0 Å². The molecule has 2 rings (SSSR count). The molecule has 0 heterocycles. The summed E-state index contributed by atoms with van der Waals surface area (Å²) in [4.78, 5) is 0. The molecule has 1 aliphatic rings. The predicted molar refractivity (Wildman–Crippen MR) is 81.7 cm³/mol. The number of halogens is 1. The monoisotopic (exact) mass is 280 g/mol. The van der Waals surface area contributed by atoms with Crippen LogP contribution >= 0.6 is 0 Å². The van der Waals surface area contributed by atoms with Crippen LogP contribution in [-0.2, 0) is 0 Å². The van der Waals surface area contributed by atoms with Crippen molar-refractivity contribution < 1.29 is 9.13 Å². The summed E-state index contributed by atoms with van der Waals surface area (Å²) in [6.45, 7) is 5.97. The number of nitrogen functional groups attached to an aromatic ring is 1. The number of ether oxygens (including phenoxy) is 1. The zero-order valence-corrected chi connectivity index (χ0v) is 12.6. The minimum absolute atomic E-state index is 0.0410. The van der Waals surface area contributed by atoms with Gasteiger partial charge in [0.15, 0.2) is 11.6 Å². The molecule has 112 valence electrons. The van der Waals surface area contributed by atoms with Crippen LogP contribution in [0.1, 0.15) is 52.9 Å². The van der Waals surface area contributed by atoms with E-state index in [1.807, 2.05) is 13.8 Å². The van der Waals surface area contributed by atoms with E-state index in [9.17, 15) is 4.39 Å². The lowest BCUT2D eigenvalue weighted by Gasteiger charge is -2.36. The molecule has 0 saturated heterocycles. The first kappa shape index (κ1) is 14.9. The lowest BCUT2D eigenvalue weighted by Crippen LogP contribution is -2.37. The van der Waals surface area contributed by atoms with Gasteiger partial charge >= 0.3 is 0 Å². The number of anilines is 2. The molecule has 0 radical (unpaired) electrons. The average Bonchev–Trinajstić information content (AvgIpc) is 2.35. The SMILES string of the molecule is CC(C)Oc1cc(NC2(C)CCCCC2)c(N)cc1F. The lowest BCUT2D eigenvalue weighted by atomic mass is 9.83. The van der Waals surface area contributed by atoms with Crippen molar-refractivity contribution in [2.24, 2.45) is 0 Å². The van der Waals surface area contributed by atoms with Crippen LogP contribution in [0, 0.1) is 5.82 Å². The Labute approximate surface area is 120 Å². The first-order chi connectivity index (χ1) is 9.39. The maximum atomic E-state index is 13.8. The Kier molecular flexibility index (Phi) is 4.41. The van der Waals surface area contributed by atoms with Crippen LogP contribution in [-0.4, -0.2) is 11.6 Å². The Morgan fingerprint density at radius 1 is 1.25 bits per heavy atom. The smallest absolute Gasteiger partial charge is 0.167 e. The highest BCUT2D eigenvalue weighted by atomic mass is 19.1. The summed E-state index contributed by atoms with van der Waals surface area (Å²) in [5.41, 5.74) is 7.19. The molecule has 1 fully saturated rings. The van der Waals surface area contributed by atoms with Gasteiger partial charge in [-0.05, 0) is 33.6 Å². The average molecular weight is 280 g/mol. The van der Waals surface area contributed by atoms with Crippen LogP contribution in [0.3, 0.4) is 0 Å². The summed E-state index contributed by atoms with van der Waals surface area (Å²) in [5.74, 6) is -0.147. The number of hydrogen-bond acceptors (Lipinski definition) is 3. The fraction of sp³-hybridized carbons (Fsp3) is 0.625. The molecule has 0 atom stereocenters. The second-order valence-electron chi connectivity index (χ2n) is 6.28. The number of hydrogen-bond donors (Lipinski definition) is 2. The summed E-state index contributed by atoms with van der Waals surface area (Å²) >= 11 is 0. The second-order valence-corrected chi connectivity index (χ2v) is 6.28. The Hall–Kier alpha value is -1.45. The maximum absolute atomic E-state index is 13.8. The molecule has 0 unspecified atom stereocenters. The highest BCUT2D eigenvalue weighted by molar-refractivity contribution is 5.69. The first-order valence-corrected chi connectivity index (χ1v) is 7.43. The second kappa shape index (κ2) is 5.90. The van der Waals surface area contributed by atoms with E-state index in [0.29, 0.717) is 5.69 Å². The number of nitrogens with one attached hydrogen (secondary N) is 1. The molecule has 0 spiro atoms. The van der Waals surface area contributed by atoms with E-state index in [1.54, 1.807) is 6.07 Å². The third kappa shape index (κ3) is 3.56. The van der Waals surface area contributed by atoms with E-state index in [2.05, 4.69) is 12.2 Å². The Bertz CT molecular complexity index is 468. The van der Waals surface area contributed by atoms with Gasteiger partial charge in [-0.3, -0.25) is 0 Å². The van der Waals surface area contributed by atoms with Gasteiger partial charge in [0.1, 0.15) is 0 Å². The summed E-state index contributed by atoms with van der Waals surface area (Å²) in [5, 5.41) is 3.49. The third-order valence-corrected chi connectivity index (χ3v) is 3.86. The topological polar surface area (TPSA) is 47.3 Å². The van der Waals surface area contributed by atoms with Crippen molar-refractivity contribution in [3.63, 3.8) is 0 Å². The summed E-state index contributed by atoms with van der Waals surface area (Å²) < 4.78 is 19.3. The Morgan fingerprint density at radius 2 is 1.90 bits per heavy atom. The standard InChI is InChI=1S/C16H25FN2O/c1-11(2)20-15-10-14(13(18)9-12(15)17)19-16(3)7-5-4-6-8-16/h9-11,19H,4-8,18H2,1-3H3. The van der Waals surface area contributed by atoms with Gasteiger partial charge in [-0.25, -0.2) is 4.39 Å². The third-order valence-electron chi connectivity index (χ3n) is 3.86. The van der Waals surface area contributed by atoms with Crippen LogP contribution in [0.5, 0.6) is 5.75 Å². The van der Waals surface area contributed by atoms with Crippen molar-refractivity contribution in [3.05, 3.63) is 17.9 Å². The zero-order valence-electron chi connectivity index (χ0n) is 12.6. The molecule has 0 aromatic heterocycles. The Balaban J connectivity index is 2.22. The molecule has 20 heavy (non-hydrogen) atoms. The van der Waals surface area contributed by atoms with Crippen molar-refractivity contribution in [1.82, 2.24) is 0 Å². The molecular formula is C16H25FN2O. The largest absolute Gasteiger partial charge is 0.488 e. The molecule has 1 aliphatic carbocycles. The molecule has 0 amide bonds. The minimum atomic E-state index is -0.407. The first-order valence-electron chi connectivity index (χ1n) is 7.43. The van der Waals surface area contributed by atoms with E-state index < -0.39 is 5.82 Å². The fourth-order valence-electron chi connectivity index (χ4n) is 2.80. The highest BCUT2D eigenvalue weighted by Crippen LogP contribution is 2.35. The van der Waals surface area contributed by atoms with Crippen molar-refractivity contribution in [3.8, 4) is 5.75 Å². The molecule has 1 aromatic rings. The quantitative estimate of drug-likeness (QED) is 0.807. The summed E-state index contributed by atoms with van der Waals surface area (Å²) in [6.07, 6.45) is 5.90. The van der Waals surface area contributed by atoms with Crippen LogP contribution in [0.2, 0.25) is 0 Å². The van der Waals surface area contributed by atoms with Gasteiger partial charge < -0.3 is 15.8 Å². The normalized spacial score (nSPS) is 18.1. The van der Waals surface area contributed by atoms with Crippen LogP contribution in [0.15, 0.2) is 12.1 Å². The number of benzene rings is 1. The van der Waals surface area contributed by atoms with E-state index in [1.165, 1.54) is 25.3 Å². The molecule has 0 bridgehead atoms.